The summed E-state index contributed by atoms with van der Waals surface area (Å²) >= 11 is 0. The fraction of sp³-hybridized carbons (Fsp3) is 0.412. The molecular weight excluding hydrogens is 634 g/mol. The number of amides is 1. The van der Waals surface area contributed by atoms with Crippen molar-refractivity contribution in [3.05, 3.63) is 63.9 Å². The quantitative estimate of drug-likeness (QED) is 0.181. The second-order valence-corrected chi connectivity index (χ2v) is 13.4. The SMILES string of the molecule is COc1ccc(-c2ccc3c(c2O)C(O)=C2C(=O)[C@]4(C#N)C(O)=C(C(N)=O)C(=O)[C@@H](N(C)C)[C@]4(N)[C@@H](O)[C@]2(N)[C@H]3N)cc1CN1CCCC1. The standard InChI is InChI=1S/C34H39N7O8/c1-40(2)27-25(44)21(30(37)47)28(45)32(14-35)29(46)22-24(43)20-18(26(36)33(22,38)31(48)34(27,32)39)8-7-17(23(20)42)15-6-9-19(49-3)16(12-15)13-41-10-4-5-11-41/h6-9,12,26-27,31,42-43,45,48H,4-5,10-11,13,36,38-39H2,1-3H3,(H2,37,47)/t26-,27+,31-,32-,33+,34-/m0/s1. The summed E-state index contributed by atoms with van der Waals surface area (Å²) in [6.07, 6.45) is -0.124. The summed E-state index contributed by atoms with van der Waals surface area (Å²) in [5, 5.41) is 57.8. The number of aliphatic hydroxyl groups is 3. The number of likely N-dealkylation sites (tertiary alicyclic amines) is 1. The zero-order chi connectivity index (χ0) is 36.0. The van der Waals surface area contributed by atoms with E-state index in [1.165, 1.54) is 20.2 Å². The van der Waals surface area contributed by atoms with Crippen LogP contribution < -0.4 is 27.7 Å². The Labute approximate surface area is 281 Å². The van der Waals surface area contributed by atoms with E-state index in [1.54, 1.807) is 31.4 Å². The van der Waals surface area contributed by atoms with Crippen LogP contribution >= 0.6 is 0 Å². The topological polar surface area (TPSA) is 276 Å². The molecule has 1 aliphatic heterocycles. The number of phenols is 1. The number of benzene rings is 2. The van der Waals surface area contributed by atoms with Crippen molar-refractivity contribution in [1.82, 2.24) is 9.80 Å². The van der Waals surface area contributed by atoms with Gasteiger partial charge < -0.3 is 48.1 Å². The Balaban J connectivity index is 1.60. The van der Waals surface area contributed by atoms with Gasteiger partial charge in [-0.1, -0.05) is 18.2 Å². The van der Waals surface area contributed by atoms with Crippen LogP contribution in [0.25, 0.3) is 16.9 Å². The van der Waals surface area contributed by atoms with E-state index in [9.17, 15) is 40.1 Å². The summed E-state index contributed by atoms with van der Waals surface area (Å²) in [5.41, 5.74) is 16.9. The van der Waals surface area contributed by atoms with Crippen molar-refractivity contribution in [2.75, 3.05) is 34.3 Å². The number of nitriles is 1. The van der Waals surface area contributed by atoms with Crippen LogP contribution in [0.1, 0.15) is 35.6 Å². The molecule has 0 radical (unpaired) electrons. The highest BCUT2D eigenvalue weighted by Gasteiger charge is 2.79. The lowest BCUT2D eigenvalue weighted by molar-refractivity contribution is -0.153. The Morgan fingerprint density at radius 3 is 2.35 bits per heavy atom. The maximum absolute atomic E-state index is 14.7. The predicted octanol–water partition coefficient (Wildman–Crippen LogP) is -0.395. The third-order valence-corrected chi connectivity index (χ3v) is 10.7. The molecule has 49 heavy (non-hydrogen) atoms. The lowest BCUT2D eigenvalue weighted by Gasteiger charge is -2.62. The van der Waals surface area contributed by atoms with Crippen molar-refractivity contribution in [2.45, 2.75) is 48.7 Å². The first-order chi connectivity index (χ1) is 23.0. The Kier molecular flexibility index (Phi) is 7.91. The Hall–Kier alpha value is -4.82. The summed E-state index contributed by atoms with van der Waals surface area (Å²) in [6.45, 7) is 2.46. The second kappa shape index (κ2) is 11.4. The van der Waals surface area contributed by atoms with Crippen LogP contribution in [0.3, 0.4) is 0 Å². The number of nitrogens with zero attached hydrogens (tertiary/aromatic N) is 3. The molecule has 2 aromatic rings. The van der Waals surface area contributed by atoms with Crippen molar-refractivity contribution in [2.24, 2.45) is 28.3 Å². The lowest BCUT2D eigenvalue weighted by atomic mass is 9.45. The number of nitrogens with two attached hydrogens (primary N) is 4. The molecule has 0 spiro atoms. The minimum absolute atomic E-state index is 0.0248. The molecule has 2 fully saturated rings. The molecule has 6 rings (SSSR count). The fourth-order valence-electron chi connectivity index (χ4n) is 8.36. The van der Waals surface area contributed by atoms with E-state index >= 15 is 0 Å². The zero-order valence-corrected chi connectivity index (χ0v) is 27.2. The number of hydrogen-bond donors (Lipinski definition) is 8. The van der Waals surface area contributed by atoms with E-state index in [0.29, 0.717) is 17.9 Å². The minimum Gasteiger partial charge on any atom is -0.509 e. The van der Waals surface area contributed by atoms with Gasteiger partial charge in [-0.3, -0.25) is 24.2 Å². The fourth-order valence-corrected chi connectivity index (χ4v) is 8.36. The van der Waals surface area contributed by atoms with Crippen LogP contribution in [0.2, 0.25) is 0 Å². The van der Waals surface area contributed by atoms with E-state index in [1.807, 2.05) is 6.07 Å². The van der Waals surface area contributed by atoms with Gasteiger partial charge in [-0.25, -0.2) is 0 Å². The average Bonchev–Trinajstić information content (AvgIpc) is 3.55. The highest BCUT2D eigenvalue weighted by Crippen LogP contribution is 2.60. The van der Waals surface area contributed by atoms with E-state index in [2.05, 4.69) is 4.90 Å². The van der Waals surface area contributed by atoms with Crippen molar-refractivity contribution in [1.29, 1.82) is 5.26 Å². The average molecular weight is 674 g/mol. The van der Waals surface area contributed by atoms with Gasteiger partial charge in [0.2, 0.25) is 0 Å². The van der Waals surface area contributed by atoms with Gasteiger partial charge in [-0.2, -0.15) is 5.26 Å². The number of carbonyl (C=O) groups is 3. The molecule has 0 unspecified atom stereocenters. The van der Waals surface area contributed by atoms with Crippen LogP contribution in [-0.2, 0) is 20.9 Å². The maximum Gasteiger partial charge on any atom is 0.255 e. The first kappa shape index (κ1) is 34.1. The minimum atomic E-state index is -3.06. The molecule has 1 heterocycles. The summed E-state index contributed by atoms with van der Waals surface area (Å²) in [6, 6.07) is 6.61. The number of aliphatic hydroxyl groups excluding tert-OH is 3. The zero-order valence-electron chi connectivity index (χ0n) is 27.2. The number of fused-ring (bicyclic) bond motifs is 3. The summed E-state index contributed by atoms with van der Waals surface area (Å²) < 4.78 is 5.58. The molecule has 2 aromatic carbocycles. The Morgan fingerprint density at radius 2 is 1.78 bits per heavy atom. The first-order valence-corrected chi connectivity index (χ1v) is 15.7. The number of methoxy groups -OCH3 is 1. The largest absolute Gasteiger partial charge is 0.509 e. The van der Waals surface area contributed by atoms with E-state index in [-0.39, 0.29) is 16.7 Å². The van der Waals surface area contributed by atoms with Gasteiger partial charge in [0.05, 0.1) is 41.9 Å². The molecule has 6 atom stereocenters. The van der Waals surface area contributed by atoms with E-state index < -0.39 is 80.6 Å². The molecule has 1 saturated heterocycles. The first-order valence-electron chi connectivity index (χ1n) is 15.7. The van der Waals surface area contributed by atoms with Crippen molar-refractivity contribution in [3.8, 4) is 28.7 Å². The molecule has 3 aliphatic carbocycles. The van der Waals surface area contributed by atoms with Gasteiger partial charge in [0.15, 0.2) is 17.0 Å². The number of ketones is 2. The molecule has 258 valence electrons. The summed E-state index contributed by atoms with van der Waals surface area (Å²) in [7, 11) is 4.25. The third-order valence-electron chi connectivity index (χ3n) is 10.7. The number of rotatable bonds is 6. The maximum atomic E-state index is 14.7. The molecule has 1 saturated carbocycles. The van der Waals surface area contributed by atoms with Crippen LogP contribution in [0.4, 0.5) is 0 Å². The highest BCUT2D eigenvalue weighted by molar-refractivity contribution is 6.26. The molecule has 4 aliphatic rings. The predicted molar refractivity (Wildman–Crippen MR) is 175 cm³/mol. The second-order valence-electron chi connectivity index (χ2n) is 13.4. The van der Waals surface area contributed by atoms with E-state index in [0.717, 1.165) is 36.4 Å². The van der Waals surface area contributed by atoms with Gasteiger partial charge in [-0.05, 0) is 63.3 Å². The summed E-state index contributed by atoms with van der Waals surface area (Å²) in [5.74, 6) is -6.21. The number of aromatic hydroxyl groups is 1. The molecule has 15 nitrogen and oxygen atoms in total. The molecule has 15 heteroatoms. The van der Waals surface area contributed by atoms with Crippen molar-refractivity contribution in [3.63, 3.8) is 0 Å². The van der Waals surface area contributed by atoms with E-state index in [4.69, 9.17) is 27.7 Å². The lowest BCUT2D eigenvalue weighted by Crippen LogP contribution is -2.87. The number of ether oxygens (including phenoxy) is 1. The van der Waals surface area contributed by atoms with Crippen molar-refractivity contribution >= 4 is 23.2 Å². The molecule has 0 bridgehead atoms. The molecule has 0 aromatic heterocycles. The monoisotopic (exact) mass is 673 g/mol. The van der Waals surface area contributed by atoms with Crippen LogP contribution in [-0.4, -0.2) is 105 Å². The van der Waals surface area contributed by atoms with Gasteiger partial charge in [0, 0.05) is 17.7 Å². The van der Waals surface area contributed by atoms with Gasteiger partial charge >= 0.3 is 0 Å². The van der Waals surface area contributed by atoms with Crippen LogP contribution in [0.15, 0.2) is 47.2 Å². The molecule has 12 N–H and O–H groups in total. The molecular formula is C34H39N7O8. The number of Topliss-reactive ketones (excluding diaryl/α,β-unsaturated/α-hetero) is 2. The van der Waals surface area contributed by atoms with Gasteiger partial charge in [-0.15, -0.1) is 0 Å². The molecule has 1 amide bonds. The van der Waals surface area contributed by atoms with Gasteiger partial charge in [0.25, 0.3) is 5.91 Å². The van der Waals surface area contributed by atoms with Gasteiger partial charge in [0.1, 0.15) is 40.2 Å². The number of phenolic OH excluding ortho intramolecular Hbond substituents is 1. The van der Waals surface area contributed by atoms with Crippen molar-refractivity contribution < 1.29 is 39.5 Å². The number of likely N-dealkylation sites (N-methyl/N-ethyl adjacent to an activating group) is 1. The van der Waals surface area contributed by atoms with Crippen LogP contribution in [0, 0.1) is 16.7 Å². The number of primary amides is 1. The highest BCUT2D eigenvalue weighted by atomic mass is 16.5. The number of carbonyl (C=O) groups excluding carboxylic acids is 3. The Bertz CT molecular complexity index is 1930. The third kappa shape index (κ3) is 4.19. The smallest absolute Gasteiger partial charge is 0.255 e. The normalized spacial score (nSPS) is 31.4. The van der Waals surface area contributed by atoms with Crippen LogP contribution in [0.5, 0.6) is 11.5 Å². The Morgan fingerprint density at radius 1 is 1.12 bits per heavy atom. The number of hydrogen-bond acceptors (Lipinski definition) is 14. The summed E-state index contributed by atoms with van der Waals surface area (Å²) in [4.78, 5) is 44.3.